The topological polar surface area (TPSA) is 104 Å². The van der Waals surface area contributed by atoms with E-state index in [0.717, 1.165) is 0 Å². The van der Waals surface area contributed by atoms with Crippen molar-refractivity contribution in [1.82, 2.24) is 4.90 Å². The molecule has 0 spiro atoms. The van der Waals surface area contributed by atoms with Gasteiger partial charge in [-0.2, -0.15) is 8.42 Å². The van der Waals surface area contributed by atoms with Crippen LogP contribution in [0.2, 0.25) is 0 Å². The first-order valence-electron chi connectivity index (χ1n) is 3.87. The van der Waals surface area contributed by atoms with Crippen LogP contribution in [-0.2, 0) is 19.4 Å². The molecule has 84 valence electrons. The first-order valence-corrected chi connectivity index (χ1v) is 5.23. The Balaban J connectivity index is 2.61. The lowest BCUT2D eigenvalue weighted by atomic mass is 10.3. The van der Waals surface area contributed by atoms with Crippen molar-refractivity contribution < 1.29 is 27.1 Å². The third-order valence-electron chi connectivity index (χ3n) is 1.49. The van der Waals surface area contributed by atoms with Gasteiger partial charge in [-0.05, 0) is 12.2 Å². The van der Waals surface area contributed by atoms with Gasteiger partial charge in [0.25, 0.3) is 0 Å². The fraction of sp³-hybridized carbons (Fsp3) is 0.286. The molecule has 0 aliphatic carbocycles. The fourth-order valence-corrected chi connectivity index (χ4v) is 1.43. The third-order valence-corrected chi connectivity index (χ3v) is 1.91. The first kappa shape index (κ1) is 11.5. The van der Waals surface area contributed by atoms with Gasteiger partial charge in [0.2, 0.25) is 0 Å². The van der Waals surface area contributed by atoms with E-state index in [4.69, 9.17) is 9.66 Å². The zero-order valence-corrected chi connectivity index (χ0v) is 8.35. The summed E-state index contributed by atoms with van der Waals surface area (Å²) in [5.74, 6) is -1.09. The summed E-state index contributed by atoms with van der Waals surface area (Å²) in [4.78, 5) is 11.7. The molecule has 0 aromatic rings. The zero-order valence-electron chi connectivity index (χ0n) is 7.53. The summed E-state index contributed by atoms with van der Waals surface area (Å²) in [5.41, 5.74) is 0. The molecule has 0 saturated heterocycles. The number of carbonyl (C=O) groups is 1. The maximum Gasteiger partial charge on any atom is 0.446 e. The summed E-state index contributed by atoms with van der Waals surface area (Å²) in [7, 11) is -4.55. The zero-order chi connectivity index (χ0) is 11.5. The molecule has 0 unspecified atom stereocenters. The quantitative estimate of drug-likeness (QED) is 0.639. The van der Waals surface area contributed by atoms with Crippen LogP contribution in [0.1, 0.15) is 0 Å². The van der Waals surface area contributed by atoms with Gasteiger partial charge in [-0.1, -0.05) is 0 Å². The molecule has 0 atom stereocenters. The van der Waals surface area contributed by atoms with Gasteiger partial charge in [0.05, 0.1) is 6.54 Å². The number of rotatable bonds is 4. The minimum Gasteiger partial charge on any atom is -0.480 e. The average Bonchev–Trinajstić information content (AvgIpc) is 1.99. The maximum atomic E-state index is 10.4. The second-order valence-corrected chi connectivity index (χ2v) is 3.81. The van der Waals surface area contributed by atoms with Crippen molar-refractivity contribution in [3.8, 4) is 0 Å². The molecule has 1 rings (SSSR count). The molecule has 0 bridgehead atoms. The Morgan fingerprint density at radius 2 is 2.27 bits per heavy atom. The van der Waals surface area contributed by atoms with E-state index in [1.54, 1.807) is 0 Å². The van der Waals surface area contributed by atoms with Crippen LogP contribution in [0, 0.1) is 0 Å². The molecule has 8 heteroatoms. The standard InChI is InChI=1S/C7H9NO6S/c9-7(10)5-8-3-1-2-6(4-8)14-15(11,12)13/h1-3H,4-5H2,(H,9,10)(H,11,12,13). The Morgan fingerprint density at radius 1 is 1.60 bits per heavy atom. The normalized spacial score (nSPS) is 16.1. The van der Waals surface area contributed by atoms with Crippen LogP contribution < -0.4 is 0 Å². The minimum absolute atomic E-state index is 0.0252. The number of allylic oxidation sites excluding steroid dienone is 2. The van der Waals surface area contributed by atoms with Crippen LogP contribution in [-0.4, -0.2) is 42.0 Å². The highest BCUT2D eigenvalue weighted by molar-refractivity contribution is 7.81. The lowest BCUT2D eigenvalue weighted by Gasteiger charge is -2.21. The average molecular weight is 235 g/mol. The van der Waals surface area contributed by atoms with Gasteiger partial charge in [-0.25, -0.2) is 0 Å². The molecule has 2 N–H and O–H groups in total. The molecule has 0 aromatic carbocycles. The van der Waals surface area contributed by atoms with Crippen molar-refractivity contribution in [3.05, 3.63) is 24.1 Å². The van der Waals surface area contributed by atoms with Crippen LogP contribution in [0.3, 0.4) is 0 Å². The van der Waals surface area contributed by atoms with E-state index in [-0.39, 0.29) is 18.8 Å². The Bertz CT molecular complexity index is 409. The van der Waals surface area contributed by atoms with E-state index < -0.39 is 16.4 Å². The number of hydrogen-bond donors (Lipinski definition) is 2. The molecule has 0 saturated carbocycles. The predicted molar refractivity (Wildman–Crippen MR) is 49.1 cm³/mol. The van der Waals surface area contributed by atoms with Crippen LogP contribution in [0.15, 0.2) is 24.1 Å². The Labute approximate surface area is 86.2 Å². The largest absolute Gasteiger partial charge is 0.480 e. The van der Waals surface area contributed by atoms with Crippen molar-refractivity contribution in [3.63, 3.8) is 0 Å². The second kappa shape index (κ2) is 4.32. The van der Waals surface area contributed by atoms with Crippen LogP contribution in [0.5, 0.6) is 0 Å². The van der Waals surface area contributed by atoms with Gasteiger partial charge in [-0.3, -0.25) is 9.35 Å². The Hall–Kier alpha value is -1.54. The van der Waals surface area contributed by atoms with Crippen molar-refractivity contribution in [1.29, 1.82) is 0 Å². The monoisotopic (exact) mass is 235 g/mol. The summed E-state index contributed by atoms with van der Waals surface area (Å²) in [5, 5.41) is 8.48. The van der Waals surface area contributed by atoms with E-state index in [0.29, 0.717) is 0 Å². The Morgan fingerprint density at radius 3 is 2.80 bits per heavy atom. The summed E-state index contributed by atoms with van der Waals surface area (Å²) in [6, 6.07) is 0. The van der Waals surface area contributed by atoms with Crippen molar-refractivity contribution in [2.45, 2.75) is 0 Å². The SMILES string of the molecule is O=C(O)CN1C=CC=C(OS(=O)(=O)O)C1. The number of carboxylic acids is 1. The molecule has 0 fully saturated rings. The van der Waals surface area contributed by atoms with E-state index in [9.17, 15) is 13.2 Å². The number of aliphatic carboxylic acids is 1. The number of nitrogens with zero attached hydrogens (tertiary/aromatic N) is 1. The molecule has 7 nitrogen and oxygen atoms in total. The van der Waals surface area contributed by atoms with Crippen LogP contribution >= 0.6 is 0 Å². The molecule has 0 radical (unpaired) electrons. The van der Waals surface area contributed by atoms with Gasteiger partial charge in [0.15, 0.2) is 0 Å². The van der Waals surface area contributed by atoms with Crippen molar-refractivity contribution >= 4 is 16.4 Å². The summed E-state index contributed by atoms with van der Waals surface area (Å²) < 4.78 is 33.3. The highest BCUT2D eigenvalue weighted by atomic mass is 32.3. The summed E-state index contributed by atoms with van der Waals surface area (Å²) in [6.07, 6.45) is 4.23. The number of hydrogen-bond acceptors (Lipinski definition) is 5. The van der Waals surface area contributed by atoms with E-state index in [1.165, 1.54) is 23.3 Å². The minimum atomic E-state index is -4.55. The smallest absolute Gasteiger partial charge is 0.446 e. The van der Waals surface area contributed by atoms with E-state index in [2.05, 4.69) is 4.18 Å². The van der Waals surface area contributed by atoms with Crippen LogP contribution in [0.25, 0.3) is 0 Å². The van der Waals surface area contributed by atoms with Crippen LogP contribution in [0.4, 0.5) is 0 Å². The fourth-order valence-electron chi connectivity index (χ4n) is 1.05. The highest BCUT2D eigenvalue weighted by Gasteiger charge is 2.15. The van der Waals surface area contributed by atoms with Gasteiger partial charge in [-0.15, -0.1) is 0 Å². The van der Waals surface area contributed by atoms with Gasteiger partial charge < -0.3 is 14.2 Å². The maximum absolute atomic E-state index is 10.4. The lowest BCUT2D eigenvalue weighted by molar-refractivity contribution is -0.137. The molecule has 0 aromatic heterocycles. The molecular weight excluding hydrogens is 226 g/mol. The van der Waals surface area contributed by atoms with E-state index in [1.807, 2.05) is 0 Å². The second-order valence-electron chi connectivity index (χ2n) is 2.78. The molecule has 1 aliphatic rings. The summed E-state index contributed by atoms with van der Waals surface area (Å²) in [6.45, 7) is -0.300. The van der Waals surface area contributed by atoms with Gasteiger partial charge in [0.1, 0.15) is 12.3 Å². The predicted octanol–water partition coefficient (Wildman–Crippen LogP) is -0.396. The lowest BCUT2D eigenvalue weighted by Crippen LogP contribution is -2.29. The van der Waals surface area contributed by atoms with Gasteiger partial charge >= 0.3 is 16.4 Å². The summed E-state index contributed by atoms with van der Waals surface area (Å²) >= 11 is 0. The molecular formula is C7H9NO6S. The highest BCUT2D eigenvalue weighted by Crippen LogP contribution is 2.10. The molecule has 0 amide bonds. The molecule has 15 heavy (non-hydrogen) atoms. The van der Waals surface area contributed by atoms with Crippen molar-refractivity contribution in [2.24, 2.45) is 0 Å². The van der Waals surface area contributed by atoms with E-state index >= 15 is 0 Å². The molecule has 1 aliphatic heterocycles. The Kier molecular flexibility index (Phi) is 3.32. The first-order chi connectivity index (χ1) is 6.87. The number of carboxylic acid groups (broad SMARTS) is 1. The van der Waals surface area contributed by atoms with Crippen molar-refractivity contribution in [2.75, 3.05) is 13.1 Å². The van der Waals surface area contributed by atoms with Gasteiger partial charge in [0, 0.05) is 6.20 Å². The molecule has 1 heterocycles. The third kappa shape index (κ3) is 4.47.